The molecule has 0 fully saturated rings. The molecule has 1 amide bonds. The van der Waals surface area contributed by atoms with Crippen LogP contribution in [0.15, 0.2) is 23.0 Å². The molecule has 1 aromatic carbocycles. The monoisotopic (exact) mass is 311 g/mol. The highest BCUT2D eigenvalue weighted by molar-refractivity contribution is 7.07. The van der Waals surface area contributed by atoms with Crippen molar-refractivity contribution in [3.63, 3.8) is 0 Å². The quantitative estimate of drug-likeness (QED) is 0.861. The molecule has 21 heavy (non-hydrogen) atoms. The largest absolute Gasteiger partial charge is 0.380 e. The van der Waals surface area contributed by atoms with Gasteiger partial charge >= 0.3 is 0 Å². The summed E-state index contributed by atoms with van der Waals surface area (Å²) in [5.41, 5.74) is 2.10. The van der Waals surface area contributed by atoms with Gasteiger partial charge in [-0.1, -0.05) is 6.92 Å². The second kappa shape index (κ2) is 7.12. The number of benzene rings is 1. The molecule has 1 aromatic heterocycles. The number of amides is 1. The average Bonchev–Trinajstić information content (AvgIpc) is 2.97. The first-order chi connectivity index (χ1) is 10.1. The lowest BCUT2D eigenvalue weighted by atomic mass is 10.1. The Labute approximate surface area is 125 Å². The molecule has 0 spiro atoms. The predicted molar refractivity (Wildman–Crippen MR) is 78.4 cm³/mol. The van der Waals surface area contributed by atoms with Crippen LogP contribution in [0.2, 0.25) is 0 Å². The van der Waals surface area contributed by atoms with E-state index in [2.05, 4.69) is 15.6 Å². The van der Waals surface area contributed by atoms with E-state index in [0.717, 1.165) is 18.6 Å². The van der Waals surface area contributed by atoms with Gasteiger partial charge < -0.3 is 10.6 Å². The third-order valence-corrected chi connectivity index (χ3v) is 3.40. The minimum absolute atomic E-state index is 0.0534. The summed E-state index contributed by atoms with van der Waals surface area (Å²) in [6, 6.07) is 2.05. The number of nitrogens with zero attached hydrogens (tertiary/aromatic N) is 1. The fourth-order valence-electron chi connectivity index (χ4n) is 1.72. The number of rotatable bonds is 6. The van der Waals surface area contributed by atoms with Gasteiger partial charge in [-0.25, -0.2) is 13.8 Å². The molecule has 0 saturated carbocycles. The van der Waals surface area contributed by atoms with Crippen LogP contribution >= 0.6 is 11.3 Å². The van der Waals surface area contributed by atoms with Crippen molar-refractivity contribution in [2.45, 2.75) is 19.9 Å². The van der Waals surface area contributed by atoms with Crippen LogP contribution < -0.4 is 10.6 Å². The molecule has 0 aliphatic carbocycles. The van der Waals surface area contributed by atoms with Crippen molar-refractivity contribution in [2.75, 3.05) is 11.9 Å². The van der Waals surface area contributed by atoms with E-state index in [0.29, 0.717) is 12.2 Å². The van der Waals surface area contributed by atoms with Gasteiger partial charge in [0.2, 0.25) is 0 Å². The zero-order valence-electron chi connectivity index (χ0n) is 11.5. The fraction of sp³-hybridized carbons (Fsp3) is 0.286. The summed E-state index contributed by atoms with van der Waals surface area (Å²) >= 11 is 1.41. The zero-order valence-corrected chi connectivity index (χ0v) is 12.3. The summed E-state index contributed by atoms with van der Waals surface area (Å²) < 4.78 is 27.6. The second-order valence-corrected chi connectivity index (χ2v) is 5.12. The average molecular weight is 311 g/mol. The van der Waals surface area contributed by atoms with E-state index in [1.807, 2.05) is 6.92 Å². The van der Waals surface area contributed by atoms with Gasteiger partial charge in [0.05, 0.1) is 17.7 Å². The second-order valence-electron chi connectivity index (χ2n) is 4.40. The van der Waals surface area contributed by atoms with Crippen molar-refractivity contribution in [1.82, 2.24) is 10.3 Å². The molecule has 2 N–H and O–H groups in total. The molecule has 0 bridgehead atoms. The lowest BCUT2D eigenvalue weighted by molar-refractivity contribution is 0.0949. The molecule has 0 saturated heterocycles. The fourth-order valence-corrected chi connectivity index (χ4v) is 2.28. The van der Waals surface area contributed by atoms with Crippen LogP contribution in [-0.2, 0) is 6.54 Å². The summed E-state index contributed by atoms with van der Waals surface area (Å²) in [5.74, 6) is -2.09. The van der Waals surface area contributed by atoms with Gasteiger partial charge in [0.1, 0.15) is 17.3 Å². The maximum atomic E-state index is 13.8. The summed E-state index contributed by atoms with van der Waals surface area (Å²) in [6.07, 6.45) is 0.745. The molecule has 0 unspecified atom stereocenters. The number of nitrogens with one attached hydrogen (secondary N) is 2. The van der Waals surface area contributed by atoms with Gasteiger partial charge in [0, 0.05) is 17.5 Å². The minimum atomic E-state index is -0.776. The molecule has 7 heteroatoms. The first-order valence-electron chi connectivity index (χ1n) is 6.50. The van der Waals surface area contributed by atoms with Crippen molar-refractivity contribution in [1.29, 1.82) is 0 Å². The van der Waals surface area contributed by atoms with Crippen LogP contribution in [0.4, 0.5) is 14.5 Å². The van der Waals surface area contributed by atoms with E-state index in [1.54, 1.807) is 10.9 Å². The smallest absolute Gasteiger partial charge is 0.251 e. The Balaban J connectivity index is 2.07. The molecule has 0 atom stereocenters. The van der Waals surface area contributed by atoms with Crippen molar-refractivity contribution >= 4 is 22.9 Å². The molecule has 2 aromatic rings. The van der Waals surface area contributed by atoms with Gasteiger partial charge in [-0.05, 0) is 18.6 Å². The zero-order chi connectivity index (χ0) is 15.2. The number of thiazole rings is 1. The van der Waals surface area contributed by atoms with Crippen molar-refractivity contribution in [3.05, 3.63) is 45.9 Å². The Bertz CT molecular complexity index is 594. The van der Waals surface area contributed by atoms with Gasteiger partial charge in [-0.15, -0.1) is 11.3 Å². The number of hydrogen-bond donors (Lipinski definition) is 2. The molecule has 2 rings (SSSR count). The van der Waals surface area contributed by atoms with Gasteiger partial charge in [0.15, 0.2) is 0 Å². The topological polar surface area (TPSA) is 54.0 Å². The van der Waals surface area contributed by atoms with E-state index in [9.17, 15) is 13.6 Å². The number of halogens is 2. The van der Waals surface area contributed by atoms with Crippen LogP contribution in [0.25, 0.3) is 0 Å². The molecule has 0 aliphatic rings. The highest BCUT2D eigenvalue weighted by Gasteiger charge is 2.15. The SMILES string of the molecule is CCCNc1c(F)cc(C(=O)NCc2cscn2)cc1F. The molecule has 4 nitrogen and oxygen atoms in total. The van der Waals surface area contributed by atoms with Gasteiger partial charge in [0.25, 0.3) is 5.91 Å². The van der Waals surface area contributed by atoms with Gasteiger partial charge in [-0.2, -0.15) is 0 Å². The summed E-state index contributed by atoms with van der Waals surface area (Å²) in [5, 5.41) is 7.02. The number of carbonyl (C=O) groups excluding carboxylic acids is 1. The molecule has 0 radical (unpaired) electrons. The Kier molecular flexibility index (Phi) is 5.21. The summed E-state index contributed by atoms with van der Waals surface area (Å²) in [6.45, 7) is 2.58. The van der Waals surface area contributed by atoms with E-state index in [1.165, 1.54) is 11.3 Å². The van der Waals surface area contributed by atoms with Crippen LogP contribution in [0.1, 0.15) is 29.4 Å². The molecular weight excluding hydrogens is 296 g/mol. The first-order valence-corrected chi connectivity index (χ1v) is 7.44. The van der Waals surface area contributed by atoms with E-state index >= 15 is 0 Å². The Hall–Kier alpha value is -2.02. The van der Waals surface area contributed by atoms with Crippen LogP contribution in [0, 0.1) is 11.6 Å². The maximum absolute atomic E-state index is 13.8. The standard InChI is InChI=1S/C14H15F2N3OS/c1-2-3-17-13-11(15)4-9(5-12(13)16)14(20)18-6-10-7-21-8-19-10/h4-5,7-8,17H,2-3,6H2,1H3,(H,18,20). The number of anilines is 1. The van der Waals surface area contributed by atoms with E-state index < -0.39 is 17.5 Å². The summed E-state index contributed by atoms with van der Waals surface area (Å²) in [4.78, 5) is 15.9. The molecule has 112 valence electrons. The first kappa shape index (κ1) is 15.4. The highest BCUT2D eigenvalue weighted by atomic mass is 32.1. The number of hydrogen-bond acceptors (Lipinski definition) is 4. The maximum Gasteiger partial charge on any atom is 0.251 e. The van der Waals surface area contributed by atoms with Crippen molar-refractivity contribution in [2.24, 2.45) is 0 Å². The predicted octanol–water partition coefficient (Wildman–Crippen LogP) is 3.17. The highest BCUT2D eigenvalue weighted by Crippen LogP contribution is 2.21. The summed E-state index contributed by atoms with van der Waals surface area (Å²) in [7, 11) is 0. The van der Waals surface area contributed by atoms with Gasteiger partial charge in [-0.3, -0.25) is 4.79 Å². The number of aromatic nitrogens is 1. The van der Waals surface area contributed by atoms with E-state index in [-0.39, 0.29) is 17.8 Å². The third kappa shape index (κ3) is 3.98. The van der Waals surface area contributed by atoms with Crippen LogP contribution in [-0.4, -0.2) is 17.4 Å². The Morgan fingerprint density at radius 3 is 2.62 bits per heavy atom. The molecule has 0 aliphatic heterocycles. The third-order valence-electron chi connectivity index (χ3n) is 2.77. The lowest BCUT2D eigenvalue weighted by Crippen LogP contribution is -2.23. The van der Waals surface area contributed by atoms with Crippen molar-refractivity contribution in [3.8, 4) is 0 Å². The van der Waals surface area contributed by atoms with Crippen molar-refractivity contribution < 1.29 is 13.6 Å². The van der Waals surface area contributed by atoms with Crippen LogP contribution in [0.3, 0.4) is 0 Å². The Morgan fingerprint density at radius 1 is 1.33 bits per heavy atom. The van der Waals surface area contributed by atoms with Crippen LogP contribution in [0.5, 0.6) is 0 Å². The minimum Gasteiger partial charge on any atom is -0.380 e. The molecule has 1 heterocycles. The number of carbonyl (C=O) groups is 1. The normalized spacial score (nSPS) is 10.4. The lowest BCUT2D eigenvalue weighted by Gasteiger charge is -2.10. The van der Waals surface area contributed by atoms with E-state index in [4.69, 9.17) is 0 Å². The Morgan fingerprint density at radius 2 is 2.05 bits per heavy atom. The molecular formula is C14H15F2N3OS.